The Hall–Kier alpha value is -2.14. The van der Waals surface area contributed by atoms with Crippen molar-refractivity contribution in [2.75, 3.05) is 0 Å². The molecule has 2 rings (SSSR count). The standard InChI is InChI=1S/C18H21NO3S/c1-4-5-15-7-9-16(10-8-15)23(21,22)19-18(20)17-11-6-13(2)12-14(17)3/h6-12H,4-5H2,1-3H3,(H,19,20). The van der Waals surface area contributed by atoms with Gasteiger partial charge in [0, 0.05) is 5.56 Å². The molecule has 0 saturated carbocycles. The zero-order valence-corrected chi connectivity index (χ0v) is 14.4. The summed E-state index contributed by atoms with van der Waals surface area (Å²) >= 11 is 0. The summed E-state index contributed by atoms with van der Waals surface area (Å²) in [7, 11) is -3.87. The molecule has 2 aromatic rings. The van der Waals surface area contributed by atoms with E-state index in [9.17, 15) is 13.2 Å². The molecule has 0 aliphatic carbocycles. The van der Waals surface area contributed by atoms with Crippen molar-refractivity contribution in [3.05, 3.63) is 64.7 Å². The van der Waals surface area contributed by atoms with E-state index in [0.29, 0.717) is 5.56 Å². The molecular formula is C18H21NO3S. The lowest BCUT2D eigenvalue weighted by molar-refractivity contribution is 0.0981. The van der Waals surface area contributed by atoms with Gasteiger partial charge in [-0.05, 0) is 49.6 Å². The van der Waals surface area contributed by atoms with Crippen LogP contribution in [0, 0.1) is 13.8 Å². The number of rotatable bonds is 5. The van der Waals surface area contributed by atoms with E-state index in [1.165, 1.54) is 12.1 Å². The van der Waals surface area contributed by atoms with Crippen LogP contribution >= 0.6 is 0 Å². The molecule has 122 valence electrons. The molecule has 0 heterocycles. The predicted octanol–water partition coefficient (Wildman–Crippen LogP) is 3.37. The van der Waals surface area contributed by atoms with E-state index >= 15 is 0 Å². The van der Waals surface area contributed by atoms with Gasteiger partial charge in [-0.1, -0.05) is 43.2 Å². The Balaban J connectivity index is 2.21. The van der Waals surface area contributed by atoms with Gasteiger partial charge in [-0.3, -0.25) is 4.79 Å². The zero-order valence-electron chi connectivity index (χ0n) is 13.6. The number of nitrogens with one attached hydrogen (secondary N) is 1. The molecule has 4 nitrogen and oxygen atoms in total. The van der Waals surface area contributed by atoms with Gasteiger partial charge in [0.25, 0.3) is 15.9 Å². The smallest absolute Gasteiger partial charge is 0.265 e. The molecule has 1 N–H and O–H groups in total. The highest BCUT2D eigenvalue weighted by molar-refractivity contribution is 7.90. The van der Waals surface area contributed by atoms with Gasteiger partial charge in [0.1, 0.15) is 0 Å². The molecule has 1 amide bonds. The zero-order chi connectivity index (χ0) is 17.0. The Morgan fingerprint density at radius 3 is 2.26 bits per heavy atom. The molecule has 0 atom stereocenters. The molecule has 0 fully saturated rings. The Bertz CT molecular complexity index is 809. The third-order valence-electron chi connectivity index (χ3n) is 3.63. The van der Waals surface area contributed by atoms with Crippen LogP contribution in [0.3, 0.4) is 0 Å². The molecule has 0 aliphatic rings. The molecule has 23 heavy (non-hydrogen) atoms. The van der Waals surface area contributed by atoms with Crippen LogP contribution in [-0.4, -0.2) is 14.3 Å². The second-order valence-corrected chi connectivity index (χ2v) is 7.33. The maximum absolute atomic E-state index is 12.3. The summed E-state index contributed by atoms with van der Waals surface area (Å²) in [6, 6.07) is 11.9. The molecule has 0 unspecified atom stereocenters. The maximum Gasteiger partial charge on any atom is 0.265 e. The highest BCUT2D eigenvalue weighted by atomic mass is 32.2. The number of hydrogen-bond donors (Lipinski definition) is 1. The summed E-state index contributed by atoms with van der Waals surface area (Å²) in [6.45, 7) is 5.77. The lowest BCUT2D eigenvalue weighted by Gasteiger charge is -2.10. The second-order valence-electron chi connectivity index (χ2n) is 5.65. The summed E-state index contributed by atoms with van der Waals surface area (Å²) in [5.41, 5.74) is 3.21. The van der Waals surface area contributed by atoms with Crippen LogP contribution in [0.5, 0.6) is 0 Å². The molecule has 0 aliphatic heterocycles. The van der Waals surface area contributed by atoms with E-state index in [1.807, 2.05) is 13.0 Å². The van der Waals surface area contributed by atoms with Crippen molar-refractivity contribution in [3.8, 4) is 0 Å². The van der Waals surface area contributed by atoms with Gasteiger partial charge in [-0.2, -0.15) is 0 Å². The average molecular weight is 331 g/mol. The highest BCUT2D eigenvalue weighted by Gasteiger charge is 2.19. The third-order valence-corrected chi connectivity index (χ3v) is 4.97. The summed E-state index contributed by atoms with van der Waals surface area (Å²) in [4.78, 5) is 12.3. The number of aryl methyl sites for hydroxylation is 3. The van der Waals surface area contributed by atoms with Gasteiger partial charge in [-0.15, -0.1) is 0 Å². The summed E-state index contributed by atoms with van der Waals surface area (Å²) in [5, 5.41) is 0. The van der Waals surface area contributed by atoms with E-state index in [2.05, 4.69) is 11.6 Å². The first kappa shape index (κ1) is 17.2. The fourth-order valence-corrected chi connectivity index (χ4v) is 3.39. The number of sulfonamides is 1. The van der Waals surface area contributed by atoms with Crippen LogP contribution in [0.1, 0.15) is 40.4 Å². The van der Waals surface area contributed by atoms with Crippen molar-refractivity contribution in [1.29, 1.82) is 0 Å². The molecule has 5 heteroatoms. The average Bonchev–Trinajstić information content (AvgIpc) is 2.47. The summed E-state index contributed by atoms with van der Waals surface area (Å²) in [6.07, 6.45) is 1.89. The first-order valence-electron chi connectivity index (χ1n) is 7.57. The largest absolute Gasteiger partial charge is 0.268 e. The normalized spacial score (nSPS) is 11.3. The molecule has 0 aromatic heterocycles. The van der Waals surface area contributed by atoms with Crippen LogP contribution in [-0.2, 0) is 16.4 Å². The predicted molar refractivity (Wildman–Crippen MR) is 91.0 cm³/mol. The van der Waals surface area contributed by atoms with Gasteiger partial charge in [-0.25, -0.2) is 13.1 Å². The molecule has 0 bridgehead atoms. The van der Waals surface area contributed by atoms with Crippen LogP contribution in [0.25, 0.3) is 0 Å². The maximum atomic E-state index is 12.3. The minimum atomic E-state index is -3.87. The van der Waals surface area contributed by atoms with Crippen molar-refractivity contribution in [2.24, 2.45) is 0 Å². The van der Waals surface area contributed by atoms with Crippen molar-refractivity contribution < 1.29 is 13.2 Å². The Morgan fingerprint density at radius 2 is 1.70 bits per heavy atom. The summed E-state index contributed by atoms with van der Waals surface area (Å²) < 4.78 is 26.8. The number of hydrogen-bond acceptors (Lipinski definition) is 3. The number of benzene rings is 2. The third kappa shape index (κ3) is 4.20. The van der Waals surface area contributed by atoms with Gasteiger partial charge in [0.2, 0.25) is 0 Å². The monoisotopic (exact) mass is 331 g/mol. The Morgan fingerprint density at radius 1 is 1.04 bits per heavy atom. The molecule has 2 aromatic carbocycles. The van der Waals surface area contributed by atoms with Gasteiger partial charge >= 0.3 is 0 Å². The minimum absolute atomic E-state index is 0.0930. The molecule has 0 radical (unpaired) electrons. The SMILES string of the molecule is CCCc1ccc(S(=O)(=O)NC(=O)c2ccc(C)cc2C)cc1. The minimum Gasteiger partial charge on any atom is -0.268 e. The number of carbonyl (C=O) groups is 1. The van der Waals surface area contributed by atoms with Crippen molar-refractivity contribution >= 4 is 15.9 Å². The van der Waals surface area contributed by atoms with Crippen molar-refractivity contribution in [1.82, 2.24) is 4.72 Å². The van der Waals surface area contributed by atoms with E-state index in [1.54, 1.807) is 31.2 Å². The van der Waals surface area contributed by atoms with E-state index < -0.39 is 15.9 Å². The molecule has 0 spiro atoms. The quantitative estimate of drug-likeness (QED) is 0.913. The van der Waals surface area contributed by atoms with Gasteiger partial charge in [0.15, 0.2) is 0 Å². The number of amides is 1. The fourth-order valence-electron chi connectivity index (χ4n) is 2.43. The first-order chi connectivity index (χ1) is 10.8. The molecule has 0 saturated heterocycles. The fraction of sp³-hybridized carbons (Fsp3) is 0.278. The second kappa shape index (κ2) is 6.96. The van der Waals surface area contributed by atoms with Gasteiger partial charge < -0.3 is 0 Å². The van der Waals surface area contributed by atoms with E-state index in [4.69, 9.17) is 0 Å². The summed E-state index contributed by atoms with van der Waals surface area (Å²) in [5.74, 6) is -0.611. The van der Waals surface area contributed by atoms with Gasteiger partial charge in [0.05, 0.1) is 4.90 Å². The van der Waals surface area contributed by atoms with E-state index in [0.717, 1.165) is 29.5 Å². The van der Waals surface area contributed by atoms with Crippen LogP contribution in [0.4, 0.5) is 0 Å². The number of carbonyl (C=O) groups excluding carboxylic acids is 1. The first-order valence-corrected chi connectivity index (χ1v) is 9.05. The van der Waals surface area contributed by atoms with Crippen LogP contribution in [0.2, 0.25) is 0 Å². The Labute approximate surface area is 137 Å². The Kier molecular flexibility index (Phi) is 5.21. The van der Waals surface area contributed by atoms with Crippen molar-refractivity contribution in [3.63, 3.8) is 0 Å². The van der Waals surface area contributed by atoms with Crippen LogP contribution in [0.15, 0.2) is 47.4 Å². The topological polar surface area (TPSA) is 63.2 Å². The van der Waals surface area contributed by atoms with Crippen LogP contribution < -0.4 is 4.72 Å². The lowest BCUT2D eigenvalue weighted by atomic mass is 10.1. The molecular weight excluding hydrogens is 310 g/mol. The van der Waals surface area contributed by atoms with E-state index in [-0.39, 0.29) is 4.90 Å². The van der Waals surface area contributed by atoms with Crippen molar-refractivity contribution in [2.45, 2.75) is 38.5 Å². The highest BCUT2D eigenvalue weighted by Crippen LogP contribution is 2.14. The lowest BCUT2D eigenvalue weighted by Crippen LogP contribution is -2.31.